The van der Waals surface area contributed by atoms with Crippen molar-refractivity contribution in [1.29, 1.82) is 0 Å². The van der Waals surface area contributed by atoms with Gasteiger partial charge in [-0.05, 0) is 32.9 Å². The Balaban J connectivity index is 2.24. The van der Waals surface area contributed by atoms with Crippen molar-refractivity contribution in [1.82, 2.24) is 19.6 Å². The molecule has 5 nitrogen and oxygen atoms in total. The number of nitrogens with zero attached hydrogens (tertiary/aromatic N) is 4. The third kappa shape index (κ3) is 2.67. The first-order valence-corrected chi connectivity index (χ1v) is 6.92. The van der Waals surface area contributed by atoms with E-state index in [1.807, 2.05) is 20.8 Å². The molecule has 20 heavy (non-hydrogen) atoms. The maximum absolute atomic E-state index is 12.2. The summed E-state index contributed by atoms with van der Waals surface area (Å²) in [5.41, 5.74) is 2.22. The van der Waals surface area contributed by atoms with Gasteiger partial charge in [-0.1, -0.05) is 11.6 Å². The number of ketones is 1. The van der Waals surface area contributed by atoms with E-state index < -0.39 is 0 Å². The van der Waals surface area contributed by atoms with Crippen molar-refractivity contribution in [3.8, 4) is 0 Å². The van der Waals surface area contributed by atoms with E-state index in [9.17, 15) is 4.79 Å². The van der Waals surface area contributed by atoms with Gasteiger partial charge in [0.05, 0.1) is 28.7 Å². The number of allylic oxidation sites excluding steroid dienone is 1. The lowest BCUT2D eigenvalue weighted by molar-refractivity contribution is 0.104. The van der Waals surface area contributed by atoms with E-state index in [0.717, 1.165) is 17.9 Å². The molecule has 0 unspecified atom stereocenters. The molecule has 106 valence electrons. The molecule has 0 amide bonds. The second-order valence-electron chi connectivity index (χ2n) is 4.35. The summed E-state index contributed by atoms with van der Waals surface area (Å²) >= 11 is 6.05. The molecule has 2 rings (SSSR count). The van der Waals surface area contributed by atoms with E-state index in [4.69, 9.17) is 11.6 Å². The Morgan fingerprint density at radius 3 is 2.50 bits per heavy atom. The van der Waals surface area contributed by atoms with Gasteiger partial charge in [0.2, 0.25) is 0 Å². The minimum absolute atomic E-state index is 0.0814. The van der Waals surface area contributed by atoms with Gasteiger partial charge in [-0.3, -0.25) is 14.2 Å². The number of hydrogen-bond donors (Lipinski definition) is 0. The second-order valence-corrected chi connectivity index (χ2v) is 4.76. The smallest absolute Gasteiger partial charge is 0.189 e. The van der Waals surface area contributed by atoms with Crippen LogP contribution in [0.5, 0.6) is 0 Å². The van der Waals surface area contributed by atoms with E-state index in [2.05, 4.69) is 10.2 Å². The molecule has 2 heterocycles. The Morgan fingerprint density at radius 1 is 1.25 bits per heavy atom. The Hall–Kier alpha value is -1.88. The summed E-state index contributed by atoms with van der Waals surface area (Å²) in [5.74, 6) is -0.0814. The van der Waals surface area contributed by atoms with Crippen molar-refractivity contribution in [2.24, 2.45) is 0 Å². The standard InChI is InChI=1S/C14H17ClN4O/c1-4-18-10(3)11(8-16-18)14(20)7-6-13-12(15)9-17-19(13)5-2/h6-9H,4-5H2,1-3H3/b7-6+. The second kappa shape index (κ2) is 6.05. The molecule has 0 aliphatic rings. The Morgan fingerprint density at radius 2 is 1.90 bits per heavy atom. The van der Waals surface area contributed by atoms with Crippen LogP contribution in [0.15, 0.2) is 18.5 Å². The van der Waals surface area contributed by atoms with Gasteiger partial charge in [0, 0.05) is 18.8 Å². The number of hydrogen-bond acceptors (Lipinski definition) is 3. The predicted octanol–water partition coefficient (Wildman–Crippen LogP) is 2.98. The SMILES string of the molecule is CCn1ncc(C(=O)/C=C/c2c(Cl)cnn2CC)c1C. The highest BCUT2D eigenvalue weighted by Gasteiger charge is 2.12. The zero-order valence-corrected chi connectivity index (χ0v) is 12.6. The monoisotopic (exact) mass is 292 g/mol. The van der Waals surface area contributed by atoms with E-state index in [0.29, 0.717) is 17.1 Å². The fourth-order valence-corrected chi connectivity index (χ4v) is 2.25. The van der Waals surface area contributed by atoms with Crippen LogP contribution in [0.25, 0.3) is 6.08 Å². The van der Waals surface area contributed by atoms with Crippen molar-refractivity contribution in [3.63, 3.8) is 0 Å². The maximum Gasteiger partial charge on any atom is 0.189 e. The van der Waals surface area contributed by atoms with Crippen LogP contribution in [0.3, 0.4) is 0 Å². The highest BCUT2D eigenvalue weighted by atomic mass is 35.5. The molecule has 0 aliphatic heterocycles. The Labute approximate surface area is 122 Å². The molecular weight excluding hydrogens is 276 g/mol. The van der Waals surface area contributed by atoms with Gasteiger partial charge in [0.1, 0.15) is 0 Å². The number of rotatable bonds is 5. The molecule has 6 heteroatoms. The van der Waals surface area contributed by atoms with E-state index in [1.165, 1.54) is 6.08 Å². The molecule has 0 fully saturated rings. The first kappa shape index (κ1) is 14.5. The van der Waals surface area contributed by atoms with Gasteiger partial charge < -0.3 is 0 Å². The van der Waals surface area contributed by atoms with Crippen molar-refractivity contribution >= 4 is 23.5 Å². The first-order valence-electron chi connectivity index (χ1n) is 6.54. The van der Waals surface area contributed by atoms with Gasteiger partial charge in [0.15, 0.2) is 5.78 Å². The first-order chi connectivity index (χ1) is 9.58. The van der Waals surface area contributed by atoms with Crippen LogP contribution in [-0.2, 0) is 13.1 Å². The summed E-state index contributed by atoms with van der Waals surface area (Å²) in [6.45, 7) is 7.30. The van der Waals surface area contributed by atoms with Crippen LogP contribution in [0, 0.1) is 6.92 Å². The topological polar surface area (TPSA) is 52.7 Å². The van der Waals surface area contributed by atoms with Crippen molar-refractivity contribution in [2.75, 3.05) is 0 Å². The van der Waals surface area contributed by atoms with Gasteiger partial charge in [0.25, 0.3) is 0 Å². The largest absolute Gasteiger partial charge is 0.289 e. The quantitative estimate of drug-likeness (QED) is 0.629. The fourth-order valence-electron chi connectivity index (χ4n) is 2.04. The molecule has 0 saturated carbocycles. The molecule has 0 atom stereocenters. The molecule has 0 spiro atoms. The van der Waals surface area contributed by atoms with Crippen LogP contribution in [-0.4, -0.2) is 25.3 Å². The highest BCUT2D eigenvalue weighted by Crippen LogP contribution is 2.17. The van der Waals surface area contributed by atoms with Crippen molar-refractivity contribution in [2.45, 2.75) is 33.9 Å². The van der Waals surface area contributed by atoms with Crippen molar-refractivity contribution < 1.29 is 4.79 Å². The van der Waals surface area contributed by atoms with Crippen molar-refractivity contribution in [3.05, 3.63) is 40.4 Å². The normalized spacial score (nSPS) is 11.4. The minimum atomic E-state index is -0.0814. The lowest BCUT2D eigenvalue weighted by Crippen LogP contribution is -2.02. The number of halogens is 1. The molecule has 2 aromatic heterocycles. The molecule has 0 radical (unpaired) electrons. The zero-order valence-electron chi connectivity index (χ0n) is 11.8. The molecule has 0 bridgehead atoms. The number of carbonyl (C=O) groups is 1. The molecule has 0 N–H and O–H groups in total. The van der Waals surface area contributed by atoms with Crippen LogP contribution in [0.2, 0.25) is 5.02 Å². The third-order valence-electron chi connectivity index (χ3n) is 3.19. The van der Waals surface area contributed by atoms with E-state index in [-0.39, 0.29) is 5.78 Å². The van der Waals surface area contributed by atoms with Gasteiger partial charge in [-0.2, -0.15) is 10.2 Å². The minimum Gasteiger partial charge on any atom is -0.289 e. The van der Waals surface area contributed by atoms with Crippen LogP contribution in [0.1, 0.15) is 35.6 Å². The molecule has 0 aromatic carbocycles. The van der Waals surface area contributed by atoms with Crippen LogP contribution < -0.4 is 0 Å². The lowest BCUT2D eigenvalue weighted by atomic mass is 10.1. The molecular formula is C14H17ClN4O. The maximum atomic E-state index is 12.2. The summed E-state index contributed by atoms with van der Waals surface area (Å²) in [4.78, 5) is 12.2. The zero-order chi connectivity index (χ0) is 14.7. The molecule has 2 aromatic rings. The van der Waals surface area contributed by atoms with Crippen LogP contribution >= 0.6 is 11.6 Å². The summed E-state index contributed by atoms with van der Waals surface area (Å²) in [6, 6.07) is 0. The van der Waals surface area contributed by atoms with Crippen LogP contribution in [0.4, 0.5) is 0 Å². The number of carbonyl (C=O) groups excluding carboxylic acids is 1. The average Bonchev–Trinajstić information content (AvgIpc) is 2.99. The van der Waals surface area contributed by atoms with Gasteiger partial charge in [-0.15, -0.1) is 0 Å². The summed E-state index contributed by atoms with van der Waals surface area (Å²) in [7, 11) is 0. The summed E-state index contributed by atoms with van der Waals surface area (Å²) in [6.07, 6.45) is 6.39. The van der Waals surface area contributed by atoms with Gasteiger partial charge in [-0.25, -0.2) is 0 Å². The van der Waals surface area contributed by atoms with E-state index >= 15 is 0 Å². The number of aromatic nitrogens is 4. The number of aryl methyl sites for hydroxylation is 2. The fraction of sp³-hybridized carbons (Fsp3) is 0.357. The van der Waals surface area contributed by atoms with E-state index in [1.54, 1.807) is 27.8 Å². The molecule has 0 aliphatic carbocycles. The Bertz CT molecular complexity index is 654. The summed E-state index contributed by atoms with van der Waals surface area (Å²) in [5, 5.41) is 8.83. The highest BCUT2D eigenvalue weighted by molar-refractivity contribution is 6.31. The molecule has 0 saturated heterocycles. The Kier molecular flexibility index (Phi) is 4.39. The van der Waals surface area contributed by atoms with Gasteiger partial charge >= 0.3 is 0 Å². The average molecular weight is 293 g/mol. The summed E-state index contributed by atoms with van der Waals surface area (Å²) < 4.78 is 3.54. The lowest BCUT2D eigenvalue weighted by Gasteiger charge is -2.00. The predicted molar refractivity (Wildman–Crippen MR) is 78.9 cm³/mol. The third-order valence-corrected chi connectivity index (χ3v) is 3.48.